The Morgan fingerprint density at radius 3 is 2.62 bits per heavy atom. The zero-order valence-corrected chi connectivity index (χ0v) is 9.07. The van der Waals surface area contributed by atoms with Crippen LogP contribution in [-0.2, 0) is 16.7 Å². The van der Waals surface area contributed by atoms with Crippen molar-refractivity contribution < 1.29 is 18.0 Å². The maximum absolute atomic E-state index is 12.3. The smallest absolute Gasteiger partial charge is 0.369 e. The van der Waals surface area contributed by atoms with E-state index >= 15 is 0 Å². The molecule has 0 heterocycles. The molecule has 6 heteroatoms. The van der Waals surface area contributed by atoms with Gasteiger partial charge in [0.15, 0.2) is 0 Å². The van der Waals surface area contributed by atoms with Gasteiger partial charge in [-0.1, -0.05) is 18.2 Å². The lowest BCUT2D eigenvalue weighted by molar-refractivity contribution is -0.137. The van der Waals surface area contributed by atoms with Crippen LogP contribution in [0, 0.1) is 0 Å². The molecule has 1 rings (SSSR count). The van der Waals surface area contributed by atoms with Crippen LogP contribution in [0.4, 0.5) is 13.2 Å². The van der Waals surface area contributed by atoms with Crippen LogP contribution in [0.1, 0.15) is 11.1 Å². The number of rotatable bonds is 4. The summed E-state index contributed by atoms with van der Waals surface area (Å²) in [6, 6.07) is 5.03. The summed E-state index contributed by atoms with van der Waals surface area (Å²) >= 11 is 1.19. The largest absolute Gasteiger partial charge is 0.416 e. The average molecular weight is 249 g/mol. The van der Waals surface area contributed by atoms with Gasteiger partial charge in [-0.25, -0.2) is 0 Å². The number of carbonyl (C=O) groups is 1. The molecule has 0 unspecified atom stereocenters. The van der Waals surface area contributed by atoms with Crippen LogP contribution in [0.3, 0.4) is 0 Å². The average Bonchev–Trinajstić information content (AvgIpc) is 2.16. The molecule has 16 heavy (non-hydrogen) atoms. The van der Waals surface area contributed by atoms with Crippen molar-refractivity contribution in [3.05, 3.63) is 35.4 Å². The van der Waals surface area contributed by atoms with Gasteiger partial charge in [-0.2, -0.15) is 13.2 Å². The molecule has 0 aromatic heterocycles. The van der Waals surface area contributed by atoms with E-state index in [2.05, 4.69) is 0 Å². The monoisotopic (exact) mass is 249 g/mol. The maximum Gasteiger partial charge on any atom is 0.416 e. The Bertz CT molecular complexity index is 379. The number of halogens is 3. The van der Waals surface area contributed by atoms with Crippen LogP contribution in [0.25, 0.3) is 0 Å². The van der Waals surface area contributed by atoms with Crippen LogP contribution in [0.5, 0.6) is 0 Å². The van der Waals surface area contributed by atoms with Crippen molar-refractivity contribution in [3.63, 3.8) is 0 Å². The summed E-state index contributed by atoms with van der Waals surface area (Å²) in [4.78, 5) is 10.4. The predicted octanol–water partition coefficient (Wildman–Crippen LogP) is 2.42. The second kappa shape index (κ2) is 5.25. The standard InChI is InChI=1S/C10H10F3NOS/c11-10(12,13)8-3-1-2-7(4-8)5-16-6-9(14)15/h1-4H,5-6H2,(H2,14,15). The van der Waals surface area contributed by atoms with E-state index in [-0.39, 0.29) is 5.75 Å². The van der Waals surface area contributed by atoms with Crippen LogP contribution in [0.2, 0.25) is 0 Å². The maximum atomic E-state index is 12.3. The lowest BCUT2D eigenvalue weighted by Gasteiger charge is -2.08. The third-order valence-electron chi connectivity index (χ3n) is 1.77. The van der Waals surface area contributed by atoms with Crippen molar-refractivity contribution in [1.82, 2.24) is 0 Å². The quantitative estimate of drug-likeness (QED) is 0.890. The first-order chi connectivity index (χ1) is 7.39. The lowest BCUT2D eigenvalue weighted by Crippen LogP contribution is -2.13. The van der Waals surface area contributed by atoms with Gasteiger partial charge in [0.1, 0.15) is 0 Å². The summed E-state index contributed by atoms with van der Waals surface area (Å²) in [6.07, 6.45) is -4.33. The summed E-state index contributed by atoms with van der Waals surface area (Å²) in [5.41, 5.74) is 4.77. The van der Waals surface area contributed by atoms with E-state index in [0.717, 1.165) is 12.1 Å². The molecule has 2 nitrogen and oxygen atoms in total. The molecule has 0 fully saturated rings. The lowest BCUT2D eigenvalue weighted by atomic mass is 10.1. The molecule has 0 saturated heterocycles. The molecule has 0 spiro atoms. The van der Waals surface area contributed by atoms with E-state index in [1.165, 1.54) is 17.8 Å². The summed E-state index contributed by atoms with van der Waals surface area (Å²) in [6.45, 7) is 0. The number of amides is 1. The molecule has 0 bridgehead atoms. The van der Waals surface area contributed by atoms with E-state index in [1.807, 2.05) is 0 Å². The minimum Gasteiger partial charge on any atom is -0.369 e. The van der Waals surface area contributed by atoms with E-state index in [1.54, 1.807) is 6.07 Å². The number of thioether (sulfide) groups is 1. The Balaban J connectivity index is 2.64. The number of alkyl halides is 3. The van der Waals surface area contributed by atoms with Crippen molar-refractivity contribution in [2.45, 2.75) is 11.9 Å². The minimum absolute atomic E-state index is 0.107. The fourth-order valence-corrected chi connectivity index (χ4v) is 1.83. The molecular weight excluding hydrogens is 239 g/mol. The molecule has 0 aliphatic heterocycles. The highest BCUT2D eigenvalue weighted by Gasteiger charge is 2.30. The fraction of sp³-hybridized carbons (Fsp3) is 0.300. The van der Waals surface area contributed by atoms with Crippen molar-refractivity contribution in [2.24, 2.45) is 5.73 Å². The zero-order chi connectivity index (χ0) is 12.2. The molecule has 0 aliphatic rings. The van der Waals surface area contributed by atoms with Gasteiger partial charge in [-0.3, -0.25) is 4.79 Å². The third kappa shape index (κ3) is 4.14. The van der Waals surface area contributed by atoms with Gasteiger partial charge in [0.05, 0.1) is 11.3 Å². The first-order valence-electron chi connectivity index (χ1n) is 4.42. The van der Waals surface area contributed by atoms with Gasteiger partial charge in [0, 0.05) is 5.75 Å². The molecule has 0 radical (unpaired) electrons. The van der Waals surface area contributed by atoms with Crippen LogP contribution in [0.15, 0.2) is 24.3 Å². The minimum atomic E-state index is -4.33. The van der Waals surface area contributed by atoms with E-state index in [4.69, 9.17) is 5.73 Å². The molecule has 1 aromatic carbocycles. The Kier molecular flexibility index (Phi) is 4.23. The van der Waals surface area contributed by atoms with Crippen LogP contribution < -0.4 is 5.73 Å². The van der Waals surface area contributed by atoms with E-state index in [0.29, 0.717) is 11.3 Å². The first-order valence-corrected chi connectivity index (χ1v) is 5.57. The molecule has 2 N–H and O–H groups in total. The third-order valence-corrected chi connectivity index (χ3v) is 2.79. The van der Waals surface area contributed by atoms with Crippen LogP contribution >= 0.6 is 11.8 Å². The first kappa shape index (κ1) is 12.9. The molecule has 1 amide bonds. The molecular formula is C10H10F3NOS. The number of benzene rings is 1. The Morgan fingerprint density at radius 1 is 1.38 bits per heavy atom. The second-order valence-electron chi connectivity index (χ2n) is 3.16. The van der Waals surface area contributed by atoms with Gasteiger partial charge in [0.25, 0.3) is 0 Å². The summed E-state index contributed by atoms with van der Waals surface area (Å²) in [7, 11) is 0. The summed E-state index contributed by atoms with van der Waals surface area (Å²) in [5.74, 6) is -0.0275. The number of hydrogen-bond donors (Lipinski definition) is 1. The second-order valence-corrected chi connectivity index (χ2v) is 4.14. The zero-order valence-electron chi connectivity index (χ0n) is 8.25. The highest BCUT2D eigenvalue weighted by molar-refractivity contribution is 7.99. The Morgan fingerprint density at radius 2 is 2.06 bits per heavy atom. The van der Waals surface area contributed by atoms with Gasteiger partial charge in [-0.05, 0) is 11.6 Å². The van der Waals surface area contributed by atoms with Crippen molar-refractivity contribution in [3.8, 4) is 0 Å². The molecule has 1 aromatic rings. The molecule has 88 valence electrons. The van der Waals surface area contributed by atoms with E-state index in [9.17, 15) is 18.0 Å². The van der Waals surface area contributed by atoms with E-state index < -0.39 is 17.6 Å². The highest BCUT2D eigenvalue weighted by Crippen LogP contribution is 2.30. The van der Waals surface area contributed by atoms with Gasteiger partial charge < -0.3 is 5.73 Å². The summed E-state index contributed by atoms with van der Waals surface area (Å²) in [5, 5.41) is 0. The number of carbonyl (C=O) groups excluding carboxylic acids is 1. The number of primary amides is 1. The van der Waals surface area contributed by atoms with Gasteiger partial charge in [0.2, 0.25) is 5.91 Å². The molecule has 0 aliphatic carbocycles. The van der Waals surface area contributed by atoms with Gasteiger partial charge in [-0.15, -0.1) is 11.8 Å². The Hall–Kier alpha value is -1.17. The van der Waals surface area contributed by atoms with Crippen molar-refractivity contribution >= 4 is 17.7 Å². The van der Waals surface area contributed by atoms with Crippen LogP contribution in [-0.4, -0.2) is 11.7 Å². The molecule has 0 saturated carbocycles. The van der Waals surface area contributed by atoms with Gasteiger partial charge >= 0.3 is 6.18 Å². The Labute approximate surface area is 95.0 Å². The predicted molar refractivity (Wildman–Crippen MR) is 56.8 cm³/mol. The number of nitrogens with two attached hydrogens (primary N) is 1. The fourth-order valence-electron chi connectivity index (χ4n) is 1.11. The normalized spacial score (nSPS) is 11.4. The molecule has 0 atom stereocenters. The summed E-state index contributed by atoms with van der Waals surface area (Å²) < 4.78 is 37.0. The topological polar surface area (TPSA) is 43.1 Å². The van der Waals surface area contributed by atoms with Crippen molar-refractivity contribution in [2.75, 3.05) is 5.75 Å². The van der Waals surface area contributed by atoms with Crippen molar-refractivity contribution in [1.29, 1.82) is 0 Å². The SMILES string of the molecule is NC(=O)CSCc1cccc(C(F)(F)F)c1. The number of hydrogen-bond acceptors (Lipinski definition) is 2. The highest BCUT2D eigenvalue weighted by atomic mass is 32.2.